The molecule has 0 aliphatic heterocycles. The zero-order chi connectivity index (χ0) is 13.2. The summed E-state index contributed by atoms with van der Waals surface area (Å²) in [7, 11) is 2.60. The minimum absolute atomic E-state index is 0.352. The lowest BCUT2D eigenvalue weighted by Crippen LogP contribution is -2.11. The molecule has 0 atom stereocenters. The van der Waals surface area contributed by atoms with Gasteiger partial charge in [-0.2, -0.15) is 0 Å². The van der Waals surface area contributed by atoms with Gasteiger partial charge in [-0.05, 0) is 31.0 Å². The van der Waals surface area contributed by atoms with Crippen LogP contribution in [0.5, 0.6) is 0 Å². The summed E-state index contributed by atoms with van der Waals surface area (Å²) < 4.78 is 10.0. The molecule has 0 radical (unpaired) electrons. The fraction of sp³-hybridized carbons (Fsp3) is 0.333. The number of hydrogen-bond donors (Lipinski definition) is 0. The number of ether oxygens (including phenoxy) is 2. The zero-order valence-electron chi connectivity index (χ0n) is 10.1. The molecule has 0 amide bonds. The van der Waals surface area contributed by atoms with E-state index in [0.29, 0.717) is 15.6 Å². The van der Waals surface area contributed by atoms with Crippen LogP contribution in [0.4, 0.5) is 0 Å². The molecule has 0 unspecified atom stereocenters. The molecule has 0 N–H and O–H groups in total. The van der Waals surface area contributed by atoms with Crippen LogP contribution in [-0.4, -0.2) is 26.2 Å². The Morgan fingerprint density at radius 2 is 1.35 bits per heavy atom. The first kappa shape index (κ1) is 13.7. The quantitative estimate of drug-likeness (QED) is 0.788. The van der Waals surface area contributed by atoms with Crippen LogP contribution in [0.15, 0.2) is 10.5 Å². The van der Waals surface area contributed by atoms with Gasteiger partial charge in [0.05, 0.1) is 25.3 Å². The number of hydrogen-bond acceptors (Lipinski definition) is 4. The van der Waals surface area contributed by atoms with E-state index in [4.69, 9.17) is 0 Å². The van der Waals surface area contributed by atoms with Crippen molar-refractivity contribution in [1.82, 2.24) is 0 Å². The van der Waals surface area contributed by atoms with Gasteiger partial charge in [0.1, 0.15) is 0 Å². The van der Waals surface area contributed by atoms with Crippen molar-refractivity contribution >= 4 is 27.9 Å². The summed E-state index contributed by atoms with van der Waals surface area (Å²) >= 11 is 3.36. The van der Waals surface area contributed by atoms with Gasteiger partial charge in [0.15, 0.2) is 0 Å². The van der Waals surface area contributed by atoms with Crippen molar-refractivity contribution in [2.75, 3.05) is 14.2 Å². The van der Waals surface area contributed by atoms with Gasteiger partial charge in [0.2, 0.25) is 0 Å². The molecule has 1 aromatic rings. The molecule has 0 saturated carbocycles. The van der Waals surface area contributed by atoms with Crippen molar-refractivity contribution in [2.45, 2.75) is 13.8 Å². The van der Waals surface area contributed by atoms with Gasteiger partial charge >= 0.3 is 11.9 Å². The summed E-state index contributed by atoms with van der Waals surface area (Å²) in [5.41, 5.74) is 2.18. The third kappa shape index (κ3) is 2.49. The van der Waals surface area contributed by atoms with Gasteiger partial charge in [-0.3, -0.25) is 0 Å². The minimum atomic E-state index is -0.478. The first-order chi connectivity index (χ1) is 7.93. The summed E-state index contributed by atoms with van der Waals surface area (Å²) in [6, 6.07) is 1.49. The van der Waals surface area contributed by atoms with E-state index in [0.717, 1.165) is 11.1 Å². The molecule has 0 bridgehead atoms. The molecule has 1 rings (SSSR count). The summed E-state index contributed by atoms with van der Waals surface area (Å²) in [6.07, 6.45) is 0. The first-order valence-corrected chi connectivity index (χ1v) is 5.69. The van der Waals surface area contributed by atoms with Crippen molar-refractivity contribution < 1.29 is 19.1 Å². The Morgan fingerprint density at radius 3 is 1.65 bits per heavy atom. The Hall–Kier alpha value is -1.36. The van der Waals surface area contributed by atoms with Crippen LogP contribution in [-0.2, 0) is 9.47 Å². The summed E-state index contributed by atoms with van der Waals surface area (Å²) in [6.45, 7) is 3.56. The van der Waals surface area contributed by atoms with E-state index in [-0.39, 0.29) is 0 Å². The fourth-order valence-corrected chi connectivity index (χ4v) is 1.95. The highest BCUT2D eigenvalue weighted by atomic mass is 79.9. The van der Waals surface area contributed by atoms with E-state index in [1.165, 1.54) is 20.3 Å². The lowest BCUT2D eigenvalue weighted by atomic mass is 10.00. The van der Waals surface area contributed by atoms with Crippen LogP contribution in [0.25, 0.3) is 0 Å². The van der Waals surface area contributed by atoms with Gasteiger partial charge in [-0.15, -0.1) is 0 Å². The molecule has 17 heavy (non-hydrogen) atoms. The molecule has 0 aromatic heterocycles. The van der Waals surface area contributed by atoms with Gasteiger partial charge in [0, 0.05) is 4.47 Å². The highest BCUT2D eigenvalue weighted by molar-refractivity contribution is 9.10. The topological polar surface area (TPSA) is 52.6 Å². The molecule has 5 heteroatoms. The second-order valence-electron chi connectivity index (χ2n) is 3.52. The Bertz CT molecular complexity index is 440. The van der Waals surface area contributed by atoms with Crippen LogP contribution >= 0.6 is 15.9 Å². The second-order valence-corrected chi connectivity index (χ2v) is 4.31. The number of carbonyl (C=O) groups is 2. The third-order valence-corrected chi connectivity index (χ3v) is 3.76. The largest absolute Gasteiger partial charge is 0.465 e. The van der Waals surface area contributed by atoms with Crippen molar-refractivity contribution in [3.05, 3.63) is 32.8 Å². The molecule has 4 nitrogen and oxygen atoms in total. The van der Waals surface area contributed by atoms with E-state index in [9.17, 15) is 9.59 Å². The van der Waals surface area contributed by atoms with Crippen LogP contribution < -0.4 is 0 Å². The highest BCUT2D eigenvalue weighted by Crippen LogP contribution is 2.28. The first-order valence-electron chi connectivity index (χ1n) is 4.90. The number of rotatable bonds is 2. The molecule has 0 fully saturated rings. The molecule has 1 aromatic carbocycles. The highest BCUT2D eigenvalue weighted by Gasteiger charge is 2.20. The van der Waals surface area contributed by atoms with Gasteiger partial charge in [-0.1, -0.05) is 15.9 Å². The maximum atomic E-state index is 11.6. The van der Waals surface area contributed by atoms with E-state index in [2.05, 4.69) is 25.4 Å². The SMILES string of the molecule is COC(=O)c1cc(C(=O)OC)c(C)c(Br)c1C. The van der Waals surface area contributed by atoms with Crippen LogP contribution in [0.1, 0.15) is 31.8 Å². The molecule has 0 aliphatic rings. The van der Waals surface area contributed by atoms with Crippen molar-refractivity contribution in [3.8, 4) is 0 Å². The molecule has 0 saturated heterocycles. The predicted octanol–water partition coefficient (Wildman–Crippen LogP) is 2.64. The summed E-state index contributed by atoms with van der Waals surface area (Å²) in [5, 5.41) is 0. The molecule has 0 heterocycles. The number of esters is 2. The lowest BCUT2D eigenvalue weighted by Gasteiger charge is -2.12. The minimum Gasteiger partial charge on any atom is -0.465 e. The van der Waals surface area contributed by atoms with Crippen molar-refractivity contribution in [3.63, 3.8) is 0 Å². The maximum absolute atomic E-state index is 11.6. The number of benzene rings is 1. The standard InChI is InChI=1S/C12H13BrO4/c1-6-8(11(14)16-3)5-9(12(15)17-4)7(2)10(6)13/h5H,1-4H3. The normalized spacial score (nSPS) is 9.94. The molecule has 0 aliphatic carbocycles. The van der Waals surface area contributed by atoms with Gasteiger partial charge in [-0.25, -0.2) is 9.59 Å². The molecular weight excluding hydrogens is 288 g/mol. The average molecular weight is 301 g/mol. The Morgan fingerprint density at radius 1 is 1.00 bits per heavy atom. The van der Waals surface area contributed by atoms with Crippen molar-refractivity contribution in [1.29, 1.82) is 0 Å². The van der Waals surface area contributed by atoms with E-state index >= 15 is 0 Å². The average Bonchev–Trinajstić information content (AvgIpc) is 2.34. The second kappa shape index (κ2) is 5.31. The van der Waals surface area contributed by atoms with Crippen LogP contribution in [0.2, 0.25) is 0 Å². The summed E-state index contributed by atoms with van der Waals surface area (Å²) in [5.74, 6) is -0.957. The number of carbonyl (C=O) groups excluding carboxylic acids is 2. The van der Waals surface area contributed by atoms with Crippen LogP contribution in [0.3, 0.4) is 0 Å². The predicted molar refractivity (Wildman–Crippen MR) is 66.3 cm³/mol. The Labute approximate surface area is 108 Å². The molecular formula is C12H13BrO4. The van der Waals surface area contributed by atoms with Crippen molar-refractivity contribution in [2.24, 2.45) is 0 Å². The zero-order valence-corrected chi connectivity index (χ0v) is 11.7. The molecule has 92 valence electrons. The lowest BCUT2D eigenvalue weighted by molar-refractivity contribution is 0.0598. The van der Waals surface area contributed by atoms with E-state index < -0.39 is 11.9 Å². The van der Waals surface area contributed by atoms with E-state index in [1.54, 1.807) is 13.8 Å². The fourth-order valence-electron chi connectivity index (χ4n) is 1.52. The third-order valence-electron chi connectivity index (χ3n) is 2.57. The Balaban J connectivity index is 3.49. The number of methoxy groups -OCH3 is 2. The Kier molecular flexibility index (Phi) is 4.28. The van der Waals surface area contributed by atoms with Gasteiger partial charge in [0.25, 0.3) is 0 Å². The monoisotopic (exact) mass is 300 g/mol. The molecule has 0 spiro atoms. The van der Waals surface area contributed by atoms with E-state index in [1.807, 2.05) is 0 Å². The van der Waals surface area contributed by atoms with Crippen LogP contribution in [0, 0.1) is 13.8 Å². The van der Waals surface area contributed by atoms with Gasteiger partial charge < -0.3 is 9.47 Å². The number of halogens is 1. The smallest absolute Gasteiger partial charge is 0.338 e. The summed E-state index contributed by atoms with van der Waals surface area (Å²) in [4.78, 5) is 23.1. The maximum Gasteiger partial charge on any atom is 0.338 e.